The van der Waals surface area contributed by atoms with Gasteiger partial charge in [0, 0.05) is 17.7 Å². The van der Waals surface area contributed by atoms with Crippen molar-refractivity contribution in [2.75, 3.05) is 4.90 Å². The number of carbonyl (C=O) groups excluding carboxylic acids is 2. The van der Waals surface area contributed by atoms with Gasteiger partial charge in [0.15, 0.2) is 0 Å². The van der Waals surface area contributed by atoms with Crippen molar-refractivity contribution in [3.8, 4) is 11.1 Å². The van der Waals surface area contributed by atoms with Gasteiger partial charge in [-0.1, -0.05) is 60.7 Å². The summed E-state index contributed by atoms with van der Waals surface area (Å²) in [4.78, 5) is 25.3. The molecule has 3 heteroatoms. The highest BCUT2D eigenvalue weighted by atomic mass is 16.2. The average molecular weight is 299 g/mol. The van der Waals surface area contributed by atoms with E-state index in [1.807, 2.05) is 48.5 Å². The molecule has 0 saturated heterocycles. The fraction of sp³-hybridized carbons (Fsp3) is 0. The number of rotatable bonds is 2. The number of imide groups is 1. The largest absolute Gasteiger partial charge is 0.269 e. The minimum absolute atomic E-state index is 0.303. The Labute approximate surface area is 133 Å². The van der Waals surface area contributed by atoms with Crippen molar-refractivity contribution >= 4 is 28.3 Å². The average Bonchev–Trinajstić information content (AvgIpc) is 2.93. The van der Waals surface area contributed by atoms with Crippen molar-refractivity contribution in [3.05, 3.63) is 78.9 Å². The Morgan fingerprint density at radius 2 is 1.22 bits per heavy atom. The number of para-hydroxylation sites is 1. The van der Waals surface area contributed by atoms with E-state index in [0.717, 1.165) is 21.9 Å². The Bertz CT molecular complexity index is 949. The fourth-order valence-electron chi connectivity index (χ4n) is 2.99. The number of fused-ring (bicyclic) bond motifs is 1. The first kappa shape index (κ1) is 13.5. The summed E-state index contributed by atoms with van der Waals surface area (Å²) in [6.07, 6.45) is 2.62. The molecule has 0 N–H and O–H groups in total. The van der Waals surface area contributed by atoms with Gasteiger partial charge < -0.3 is 0 Å². The summed E-state index contributed by atoms with van der Waals surface area (Å²) in [7, 11) is 0. The third kappa shape index (κ3) is 2.14. The number of amides is 2. The maximum absolute atomic E-state index is 12.1. The minimum Gasteiger partial charge on any atom is -0.269 e. The molecule has 4 rings (SSSR count). The van der Waals surface area contributed by atoms with Gasteiger partial charge in [0.1, 0.15) is 0 Å². The van der Waals surface area contributed by atoms with Crippen LogP contribution in [0.15, 0.2) is 78.9 Å². The number of hydrogen-bond acceptors (Lipinski definition) is 2. The maximum atomic E-state index is 12.1. The third-order valence-corrected chi connectivity index (χ3v) is 4.03. The molecule has 3 aromatic carbocycles. The van der Waals surface area contributed by atoms with Crippen LogP contribution in [0.2, 0.25) is 0 Å². The predicted octanol–water partition coefficient (Wildman–Crippen LogP) is 3.94. The second-order valence-corrected chi connectivity index (χ2v) is 5.39. The van der Waals surface area contributed by atoms with Crippen LogP contribution in [-0.4, -0.2) is 11.8 Å². The number of carbonyl (C=O) groups is 2. The third-order valence-electron chi connectivity index (χ3n) is 4.03. The van der Waals surface area contributed by atoms with Gasteiger partial charge in [-0.2, -0.15) is 0 Å². The molecule has 3 aromatic rings. The zero-order valence-corrected chi connectivity index (χ0v) is 12.3. The monoisotopic (exact) mass is 299 g/mol. The van der Waals surface area contributed by atoms with Gasteiger partial charge >= 0.3 is 0 Å². The van der Waals surface area contributed by atoms with E-state index in [4.69, 9.17) is 0 Å². The zero-order chi connectivity index (χ0) is 15.8. The van der Waals surface area contributed by atoms with Crippen LogP contribution < -0.4 is 4.90 Å². The zero-order valence-electron chi connectivity index (χ0n) is 12.3. The van der Waals surface area contributed by atoms with E-state index in [0.29, 0.717) is 5.69 Å². The molecule has 2 amide bonds. The molecule has 0 fully saturated rings. The van der Waals surface area contributed by atoms with Crippen LogP contribution in [0.3, 0.4) is 0 Å². The highest BCUT2D eigenvalue weighted by Gasteiger charge is 2.27. The molecule has 1 aliphatic rings. The van der Waals surface area contributed by atoms with Crippen molar-refractivity contribution in [1.29, 1.82) is 0 Å². The summed E-state index contributed by atoms with van der Waals surface area (Å²) in [5.41, 5.74) is 2.49. The minimum atomic E-state index is -0.303. The van der Waals surface area contributed by atoms with Crippen LogP contribution in [0.1, 0.15) is 0 Å². The van der Waals surface area contributed by atoms with Crippen LogP contribution in [-0.2, 0) is 9.59 Å². The molecule has 0 atom stereocenters. The molecule has 0 radical (unpaired) electrons. The first-order valence-corrected chi connectivity index (χ1v) is 7.39. The molecule has 0 saturated carbocycles. The Balaban J connectivity index is 1.97. The van der Waals surface area contributed by atoms with Crippen LogP contribution in [0.4, 0.5) is 5.69 Å². The Hall–Kier alpha value is -3.20. The highest BCUT2D eigenvalue weighted by molar-refractivity contribution is 6.29. The number of hydrogen-bond donors (Lipinski definition) is 0. The van der Waals surface area contributed by atoms with Crippen LogP contribution in [0.5, 0.6) is 0 Å². The van der Waals surface area contributed by atoms with Crippen molar-refractivity contribution in [2.24, 2.45) is 0 Å². The van der Waals surface area contributed by atoms with E-state index in [1.165, 1.54) is 17.1 Å². The summed E-state index contributed by atoms with van der Waals surface area (Å²) < 4.78 is 0. The maximum Gasteiger partial charge on any atom is 0.258 e. The van der Waals surface area contributed by atoms with E-state index < -0.39 is 0 Å². The fourth-order valence-corrected chi connectivity index (χ4v) is 2.99. The lowest BCUT2D eigenvalue weighted by molar-refractivity contribution is -0.119. The lowest BCUT2D eigenvalue weighted by Crippen LogP contribution is -2.30. The normalized spacial score (nSPS) is 14.0. The Morgan fingerprint density at radius 3 is 2.04 bits per heavy atom. The van der Waals surface area contributed by atoms with Gasteiger partial charge in [-0.25, -0.2) is 4.90 Å². The van der Waals surface area contributed by atoms with Crippen molar-refractivity contribution in [2.45, 2.75) is 0 Å². The molecule has 110 valence electrons. The van der Waals surface area contributed by atoms with Crippen LogP contribution >= 0.6 is 0 Å². The Kier molecular flexibility index (Phi) is 3.05. The molecular weight excluding hydrogens is 286 g/mol. The topological polar surface area (TPSA) is 37.4 Å². The second-order valence-electron chi connectivity index (χ2n) is 5.39. The summed E-state index contributed by atoms with van der Waals surface area (Å²) in [5.74, 6) is -0.606. The van der Waals surface area contributed by atoms with Gasteiger partial charge in [-0.15, -0.1) is 0 Å². The molecule has 1 aliphatic heterocycles. The summed E-state index contributed by atoms with van der Waals surface area (Å²) >= 11 is 0. The lowest BCUT2D eigenvalue weighted by atomic mass is 9.96. The predicted molar refractivity (Wildman–Crippen MR) is 91.0 cm³/mol. The molecular formula is C20H13NO2. The molecule has 1 heterocycles. The molecule has 0 bridgehead atoms. The van der Waals surface area contributed by atoms with Gasteiger partial charge in [0.05, 0.1) is 5.69 Å². The molecule has 0 unspecified atom stereocenters. The summed E-state index contributed by atoms with van der Waals surface area (Å²) in [5, 5.41) is 2.21. The molecule has 0 aliphatic carbocycles. The quantitative estimate of drug-likeness (QED) is 0.672. The van der Waals surface area contributed by atoms with E-state index in [-0.39, 0.29) is 11.8 Å². The van der Waals surface area contributed by atoms with Crippen molar-refractivity contribution in [1.82, 2.24) is 0 Å². The van der Waals surface area contributed by atoms with Crippen LogP contribution in [0.25, 0.3) is 21.9 Å². The Morgan fingerprint density at radius 1 is 0.609 bits per heavy atom. The summed E-state index contributed by atoms with van der Waals surface area (Å²) in [6.45, 7) is 0. The standard InChI is InChI=1S/C20H13NO2/c22-19-12-13-20(23)21(19)18-11-4-3-9-17(18)16-10-5-7-14-6-1-2-8-15(14)16/h1-13H. The van der Waals surface area contributed by atoms with E-state index in [2.05, 4.69) is 12.1 Å². The number of benzene rings is 3. The van der Waals surface area contributed by atoms with Crippen molar-refractivity contribution in [3.63, 3.8) is 0 Å². The molecule has 23 heavy (non-hydrogen) atoms. The van der Waals surface area contributed by atoms with Gasteiger partial charge in [-0.3, -0.25) is 9.59 Å². The summed E-state index contributed by atoms with van der Waals surface area (Å²) in [6, 6.07) is 21.6. The smallest absolute Gasteiger partial charge is 0.258 e. The second kappa shape index (κ2) is 5.21. The number of anilines is 1. The van der Waals surface area contributed by atoms with E-state index in [9.17, 15) is 9.59 Å². The van der Waals surface area contributed by atoms with Gasteiger partial charge in [-0.05, 0) is 22.4 Å². The highest BCUT2D eigenvalue weighted by Crippen LogP contribution is 2.36. The van der Waals surface area contributed by atoms with Gasteiger partial charge in [0.2, 0.25) is 0 Å². The number of nitrogens with zero attached hydrogens (tertiary/aromatic N) is 1. The van der Waals surface area contributed by atoms with E-state index in [1.54, 1.807) is 6.07 Å². The molecule has 0 aromatic heterocycles. The van der Waals surface area contributed by atoms with Crippen LogP contribution in [0, 0.1) is 0 Å². The van der Waals surface area contributed by atoms with E-state index >= 15 is 0 Å². The molecule has 3 nitrogen and oxygen atoms in total. The SMILES string of the molecule is O=C1C=CC(=O)N1c1ccccc1-c1cccc2ccccc12. The molecule has 0 spiro atoms. The van der Waals surface area contributed by atoms with Crippen molar-refractivity contribution < 1.29 is 9.59 Å². The lowest BCUT2D eigenvalue weighted by Gasteiger charge is -2.19. The first-order chi connectivity index (χ1) is 11.3. The first-order valence-electron chi connectivity index (χ1n) is 7.39. The van der Waals surface area contributed by atoms with Gasteiger partial charge in [0.25, 0.3) is 11.8 Å².